The summed E-state index contributed by atoms with van der Waals surface area (Å²) >= 11 is 1.73. The Hall–Kier alpha value is -1.17. The molecular formula is C9H15N3O2S. The molecule has 5 nitrogen and oxygen atoms in total. The molecule has 15 heavy (non-hydrogen) atoms. The molecule has 0 radical (unpaired) electrons. The van der Waals surface area contributed by atoms with E-state index >= 15 is 0 Å². The second-order valence-corrected chi connectivity index (χ2v) is 4.56. The molecule has 6 heteroatoms. The van der Waals surface area contributed by atoms with E-state index in [-0.39, 0.29) is 11.9 Å². The first-order valence-electron chi connectivity index (χ1n) is 4.75. The van der Waals surface area contributed by atoms with Crippen LogP contribution in [0.1, 0.15) is 19.9 Å². The largest absolute Gasteiger partial charge is 0.385 e. The number of anilines is 1. The molecule has 1 rings (SSSR count). The van der Waals surface area contributed by atoms with Gasteiger partial charge in [-0.15, -0.1) is 0 Å². The van der Waals surface area contributed by atoms with Gasteiger partial charge in [-0.25, -0.2) is 4.79 Å². The molecule has 0 fully saturated rings. The maximum Gasteiger partial charge on any atom is 0.330 e. The lowest BCUT2D eigenvalue weighted by Gasteiger charge is -2.15. The zero-order valence-electron chi connectivity index (χ0n) is 8.82. The molecule has 0 saturated heterocycles. The van der Waals surface area contributed by atoms with Crippen LogP contribution in [0.3, 0.4) is 0 Å². The first-order valence-corrected chi connectivity index (χ1v) is 5.90. The molecule has 0 saturated carbocycles. The molecule has 0 aromatic carbocycles. The van der Waals surface area contributed by atoms with E-state index < -0.39 is 11.2 Å². The fourth-order valence-electron chi connectivity index (χ4n) is 1.34. The molecule has 0 spiro atoms. The Labute approximate surface area is 91.7 Å². The molecule has 1 unspecified atom stereocenters. The van der Waals surface area contributed by atoms with Gasteiger partial charge < -0.3 is 5.73 Å². The van der Waals surface area contributed by atoms with Crippen LogP contribution in [0.15, 0.2) is 15.7 Å². The normalized spacial score (nSPS) is 12.7. The minimum atomic E-state index is -0.455. The number of aromatic amines is 1. The number of hydrogen-bond acceptors (Lipinski definition) is 4. The van der Waals surface area contributed by atoms with Crippen molar-refractivity contribution in [3.8, 4) is 0 Å². The van der Waals surface area contributed by atoms with Crippen molar-refractivity contribution < 1.29 is 0 Å². The van der Waals surface area contributed by atoms with Gasteiger partial charge >= 0.3 is 5.69 Å². The predicted octanol–water partition coefficient (Wildman–Crippen LogP) is 0.433. The first-order chi connectivity index (χ1) is 7.06. The van der Waals surface area contributed by atoms with Gasteiger partial charge in [-0.3, -0.25) is 14.3 Å². The molecule has 1 heterocycles. The summed E-state index contributed by atoms with van der Waals surface area (Å²) in [7, 11) is 0. The first kappa shape index (κ1) is 11.9. The average molecular weight is 229 g/mol. The lowest BCUT2D eigenvalue weighted by Crippen LogP contribution is -2.33. The molecule has 1 atom stereocenters. The molecule has 0 aliphatic heterocycles. The highest BCUT2D eigenvalue weighted by Crippen LogP contribution is 2.13. The molecule has 0 bridgehead atoms. The lowest BCUT2D eigenvalue weighted by atomic mass is 10.3. The molecule has 3 N–H and O–H groups in total. The van der Waals surface area contributed by atoms with Crippen molar-refractivity contribution in [1.82, 2.24) is 9.55 Å². The number of nitrogen functional groups attached to an aromatic ring is 1. The lowest BCUT2D eigenvalue weighted by molar-refractivity contribution is 0.578. The molecule has 1 aromatic heterocycles. The van der Waals surface area contributed by atoms with Crippen LogP contribution >= 0.6 is 11.8 Å². The van der Waals surface area contributed by atoms with Crippen molar-refractivity contribution in [1.29, 1.82) is 0 Å². The van der Waals surface area contributed by atoms with Gasteiger partial charge in [0.05, 0.1) is 0 Å². The summed E-state index contributed by atoms with van der Waals surface area (Å²) in [4.78, 5) is 24.6. The number of nitrogens with two attached hydrogens (primary N) is 1. The fourth-order valence-corrected chi connectivity index (χ4v) is 2.07. The highest BCUT2D eigenvalue weighted by molar-refractivity contribution is 7.99. The Morgan fingerprint density at radius 1 is 1.60 bits per heavy atom. The number of nitrogens with one attached hydrogen (secondary N) is 1. The van der Waals surface area contributed by atoms with E-state index in [4.69, 9.17) is 5.73 Å². The third-order valence-electron chi connectivity index (χ3n) is 2.01. The Kier molecular flexibility index (Phi) is 4.02. The van der Waals surface area contributed by atoms with Gasteiger partial charge in [0.25, 0.3) is 5.56 Å². The van der Waals surface area contributed by atoms with E-state index in [0.717, 1.165) is 11.5 Å². The van der Waals surface area contributed by atoms with Crippen LogP contribution in [0.5, 0.6) is 0 Å². The summed E-state index contributed by atoms with van der Waals surface area (Å²) < 4.78 is 1.41. The summed E-state index contributed by atoms with van der Waals surface area (Å²) in [6.07, 6.45) is 0. The third-order valence-corrected chi connectivity index (χ3v) is 3.14. The van der Waals surface area contributed by atoms with Crippen LogP contribution in [0.25, 0.3) is 0 Å². The quantitative estimate of drug-likeness (QED) is 0.784. The van der Waals surface area contributed by atoms with Crippen LogP contribution < -0.4 is 17.0 Å². The van der Waals surface area contributed by atoms with Crippen LogP contribution in [0.4, 0.5) is 5.82 Å². The zero-order valence-corrected chi connectivity index (χ0v) is 9.63. The Bertz CT molecular complexity index is 438. The summed E-state index contributed by atoms with van der Waals surface area (Å²) in [5.41, 5.74) is 4.73. The SMILES string of the molecule is CCSCC(C)n1c(N)cc(=O)[nH]c1=O. The van der Waals surface area contributed by atoms with E-state index in [1.807, 2.05) is 6.92 Å². The van der Waals surface area contributed by atoms with E-state index in [9.17, 15) is 9.59 Å². The highest BCUT2D eigenvalue weighted by Gasteiger charge is 2.10. The molecule has 84 valence electrons. The van der Waals surface area contributed by atoms with Gasteiger partial charge in [0.2, 0.25) is 0 Å². The number of thioether (sulfide) groups is 1. The van der Waals surface area contributed by atoms with Crippen molar-refractivity contribution >= 4 is 17.6 Å². The van der Waals surface area contributed by atoms with Crippen molar-refractivity contribution in [2.75, 3.05) is 17.2 Å². The van der Waals surface area contributed by atoms with Crippen molar-refractivity contribution in [3.63, 3.8) is 0 Å². The smallest absolute Gasteiger partial charge is 0.330 e. The van der Waals surface area contributed by atoms with Crippen molar-refractivity contribution in [2.24, 2.45) is 0 Å². The van der Waals surface area contributed by atoms with Crippen LogP contribution in [-0.4, -0.2) is 21.1 Å². The van der Waals surface area contributed by atoms with Crippen LogP contribution in [-0.2, 0) is 0 Å². The maximum absolute atomic E-state index is 11.5. The highest BCUT2D eigenvalue weighted by atomic mass is 32.2. The molecule has 0 aliphatic carbocycles. The fraction of sp³-hybridized carbons (Fsp3) is 0.556. The van der Waals surface area contributed by atoms with E-state index in [2.05, 4.69) is 11.9 Å². The predicted molar refractivity (Wildman–Crippen MR) is 63.4 cm³/mol. The Balaban J connectivity index is 3.03. The number of nitrogens with zero attached hydrogens (tertiary/aromatic N) is 1. The van der Waals surface area contributed by atoms with Gasteiger partial charge in [-0.05, 0) is 12.7 Å². The van der Waals surface area contributed by atoms with E-state index in [1.54, 1.807) is 11.8 Å². The van der Waals surface area contributed by atoms with Gasteiger partial charge in [-0.2, -0.15) is 11.8 Å². The average Bonchev–Trinajstić information content (AvgIpc) is 2.12. The van der Waals surface area contributed by atoms with Crippen LogP contribution in [0, 0.1) is 0 Å². The van der Waals surface area contributed by atoms with Crippen molar-refractivity contribution in [3.05, 3.63) is 26.9 Å². The Morgan fingerprint density at radius 2 is 2.27 bits per heavy atom. The van der Waals surface area contributed by atoms with E-state index in [1.165, 1.54) is 10.6 Å². The second kappa shape index (κ2) is 5.06. The van der Waals surface area contributed by atoms with Gasteiger partial charge in [-0.1, -0.05) is 6.92 Å². The number of hydrogen-bond donors (Lipinski definition) is 2. The molecule has 1 aromatic rings. The number of aromatic nitrogens is 2. The molecular weight excluding hydrogens is 214 g/mol. The summed E-state index contributed by atoms with van der Waals surface area (Å²) in [5.74, 6) is 2.00. The zero-order chi connectivity index (χ0) is 11.4. The number of rotatable bonds is 4. The monoisotopic (exact) mass is 229 g/mol. The summed E-state index contributed by atoms with van der Waals surface area (Å²) in [6.45, 7) is 3.95. The maximum atomic E-state index is 11.5. The topological polar surface area (TPSA) is 80.9 Å². The number of H-pyrrole nitrogens is 1. The van der Waals surface area contributed by atoms with Crippen molar-refractivity contribution in [2.45, 2.75) is 19.9 Å². The van der Waals surface area contributed by atoms with Crippen LogP contribution in [0.2, 0.25) is 0 Å². The molecule has 0 amide bonds. The van der Waals surface area contributed by atoms with Gasteiger partial charge in [0.1, 0.15) is 5.82 Å². The standard InChI is InChI=1S/C9H15N3O2S/c1-3-15-5-6(2)12-7(10)4-8(13)11-9(12)14/h4,6H,3,5,10H2,1-2H3,(H,11,13,14). The Morgan fingerprint density at radius 3 is 2.80 bits per heavy atom. The molecule has 0 aliphatic rings. The summed E-state index contributed by atoms with van der Waals surface area (Å²) in [5, 5.41) is 0. The second-order valence-electron chi connectivity index (χ2n) is 3.24. The minimum Gasteiger partial charge on any atom is -0.385 e. The minimum absolute atomic E-state index is 0.0145. The van der Waals surface area contributed by atoms with Gasteiger partial charge in [0, 0.05) is 17.9 Å². The summed E-state index contributed by atoms with van der Waals surface area (Å²) in [6, 6.07) is 1.22. The van der Waals surface area contributed by atoms with E-state index in [0.29, 0.717) is 0 Å². The van der Waals surface area contributed by atoms with Gasteiger partial charge in [0.15, 0.2) is 0 Å². The third kappa shape index (κ3) is 2.89.